The Bertz CT molecular complexity index is 1430. The summed E-state index contributed by atoms with van der Waals surface area (Å²) >= 11 is 6.14. The van der Waals surface area contributed by atoms with Gasteiger partial charge in [0.25, 0.3) is 5.91 Å². The first-order valence-electron chi connectivity index (χ1n) is 8.93. The third kappa shape index (κ3) is 4.27. The molecular formula is C21H14ClN3O5S. The van der Waals surface area contributed by atoms with Crippen molar-refractivity contribution in [1.29, 1.82) is 0 Å². The van der Waals surface area contributed by atoms with Crippen LogP contribution in [0.4, 0.5) is 17.2 Å². The Morgan fingerprint density at radius 2 is 1.84 bits per heavy atom. The van der Waals surface area contributed by atoms with Gasteiger partial charge in [0.05, 0.1) is 16.3 Å². The number of carbonyl (C=O) groups excluding carboxylic acids is 1. The number of pyridine rings is 1. The molecule has 0 spiro atoms. The molecule has 0 aliphatic heterocycles. The fourth-order valence-corrected chi connectivity index (χ4v) is 3.91. The predicted octanol–water partition coefficient (Wildman–Crippen LogP) is 3.76. The maximum atomic E-state index is 12.8. The van der Waals surface area contributed by atoms with Crippen LogP contribution in [0.2, 0.25) is 5.02 Å². The van der Waals surface area contributed by atoms with Gasteiger partial charge in [0, 0.05) is 29.4 Å². The fraction of sp³-hybridized carbons (Fsp3) is 0. The van der Waals surface area contributed by atoms with Crippen LogP contribution in [0.3, 0.4) is 0 Å². The summed E-state index contributed by atoms with van der Waals surface area (Å²) in [6, 6.07) is 17.1. The molecule has 1 N–H and O–H groups in total. The van der Waals surface area contributed by atoms with Gasteiger partial charge in [-0.05, 0) is 30.3 Å². The van der Waals surface area contributed by atoms with Crippen LogP contribution in [-0.4, -0.2) is 19.3 Å². The first-order chi connectivity index (χ1) is 14.9. The predicted molar refractivity (Wildman–Crippen MR) is 119 cm³/mol. The van der Waals surface area contributed by atoms with E-state index in [1.54, 1.807) is 42.5 Å². The summed E-state index contributed by atoms with van der Waals surface area (Å²) in [5, 5.41) is 3.49. The van der Waals surface area contributed by atoms with Gasteiger partial charge >= 0.3 is 5.63 Å². The summed E-state index contributed by atoms with van der Waals surface area (Å²) in [5.74, 6) is -0.487. The maximum Gasteiger partial charge on any atom is 0.336 e. The monoisotopic (exact) mass is 455 g/mol. The van der Waals surface area contributed by atoms with Gasteiger partial charge in [-0.2, -0.15) is 0 Å². The molecule has 0 aliphatic carbocycles. The number of benzene rings is 2. The Kier molecular flexibility index (Phi) is 5.70. The Labute approximate surface area is 182 Å². The number of carbonyl (C=O) groups is 1. The topological polar surface area (TPSA) is 110 Å². The summed E-state index contributed by atoms with van der Waals surface area (Å²) in [5.41, 5.74) is 0.258. The number of aromatic nitrogens is 1. The number of fused-ring (bicyclic) bond motifs is 1. The normalized spacial score (nSPS) is 10.9. The Morgan fingerprint density at radius 3 is 2.61 bits per heavy atom. The van der Waals surface area contributed by atoms with E-state index in [4.69, 9.17) is 16.0 Å². The number of nitrogens with one attached hydrogen (secondary N) is 1. The molecule has 31 heavy (non-hydrogen) atoms. The van der Waals surface area contributed by atoms with Crippen molar-refractivity contribution in [2.45, 2.75) is 0 Å². The summed E-state index contributed by atoms with van der Waals surface area (Å²) in [7, 11) is -3.11. The number of rotatable bonds is 5. The SMILES string of the molecule is O=C(Nc1ccnc(N(c2ccccc2Cl)[SH](=O)=O)c1)c1cccc2ccc(=O)oc12. The number of thiol groups is 1. The molecule has 156 valence electrons. The molecule has 0 radical (unpaired) electrons. The molecule has 0 fully saturated rings. The van der Waals surface area contributed by atoms with Crippen molar-refractivity contribution in [2.75, 3.05) is 9.62 Å². The molecule has 2 aromatic heterocycles. The molecule has 0 unspecified atom stereocenters. The van der Waals surface area contributed by atoms with Crippen LogP contribution in [-0.2, 0) is 10.9 Å². The van der Waals surface area contributed by atoms with Gasteiger partial charge in [-0.3, -0.25) is 4.79 Å². The van der Waals surface area contributed by atoms with E-state index in [-0.39, 0.29) is 27.7 Å². The van der Waals surface area contributed by atoms with E-state index in [9.17, 15) is 18.0 Å². The smallest absolute Gasteiger partial charge is 0.336 e. The fourth-order valence-electron chi connectivity index (χ4n) is 3.00. The molecule has 2 heterocycles. The van der Waals surface area contributed by atoms with Gasteiger partial charge in [0.1, 0.15) is 5.82 Å². The van der Waals surface area contributed by atoms with Crippen LogP contribution < -0.4 is 15.2 Å². The molecule has 4 aromatic rings. The lowest BCUT2D eigenvalue weighted by molar-refractivity contribution is 0.102. The van der Waals surface area contributed by atoms with E-state index in [0.717, 1.165) is 4.31 Å². The van der Waals surface area contributed by atoms with E-state index >= 15 is 0 Å². The van der Waals surface area contributed by atoms with Gasteiger partial charge in [0.2, 0.25) is 10.9 Å². The van der Waals surface area contributed by atoms with E-state index < -0.39 is 22.4 Å². The molecule has 1 amide bonds. The standard InChI is InChI=1S/C21H14ClN3O5S/c22-16-6-1-2-7-17(16)25(31(28)29)18-12-14(10-11-23-18)24-21(27)15-5-3-4-13-8-9-19(26)30-20(13)15/h1-12,31H,(H,23,24,27). The largest absolute Gasteiger partial charge is 0.422 e. The number of amides is 1. The van der Waals surface area contributed by atoms with Crippen molar-refractivity contribution in [3.05, 3.63) is 93.9 Å². The molecule has 4 rings (SSSR count). The van der Waals surface area contributed by atoms with Gasteiger partial charge in [-0.25, -0.2) is 22.5 Å². The van der Waals surface area contributed by atoms with E-state index in [1.165, 1.54) is 30.5 Å². The Hall–Kier alpha value is -3.69. The number of halogens is 1. The Balaban J connectivity index is 1.69. The molecule has 8 nitrogen and oxygen atoms in total. The van der Waals surface area contributed by atoms with Crippen molar-refractivity contribution in [3.63, 3.8) is 0 Å². The number of nitrogens with zero attached hydrogens (tertiary/aromatic N) is 2. The summed E-state index contributed by atoms with van der Waals surface area (Å²) in [6.07, 6.45) is 1.36. The molecule has 0 saturated heterocycles. The van der Waals surface area contributed by atoms with Crippen LogP contribution in [0.15, 0.2) is 82.1 Å². The molecule has 0 aliphatic rings. The first-order valence-corrected chi connectivity index (χ1v) is 10.4. The quantitative estimate of drug-likeness (QED) is 0.350. The highest BCUT2D eigenvalue weighted by Gasteiger charge is 2.18. The second-order valence-corrected chi connectivity index (χ2v) is 7.62. The minimum atomic E-state index is -3.11. The minimum absolute atomic E-state index is 0.0477. The molecule has 2 aromatic carbocycles. The van der Waals surface area contributed by atoms with Crippen molar-refractivity contribution >= 4 is 56.6 Å². The lowest BCUT2D eigenvalue weighted by atomic mass is 10.1. The summed E-state index contributed by atoms with van der Waals surface area (Å²) in [6.45, 7) is 0. The lowest BCUT2D eigenvalue weighted by Crippen LogP contribution is -2.17. The van der Waals surface area contributed by atoms with Crippen molar-refractivity contribution < 1.29 is 17.6 Å². The second-order valence-electron chi connectivity index (χ2n) is 6.34. The van der Waals surface area contributed by atoms with Crippen LogP contribution in [0, 0.1) is 0 Å². The highest BCUT2D eigenvalue weighted by Crippen LogP contribution is 2.31. The molecule has 0 atom stereocenters. The first kappa shape index (κ1) is 20.6. The van der Waals surface area contributed by atoms with E-state index in [0.29, 0.717) is 11.1 Å². The minimum Gasteiger partial charge on any atom is -0.422 e. The zero-order chi connectivity index (χ0) is 22.0. The summed E-state index contributed by atoms with van der Waals surface area (Å²) in [4.78, 5) is 28.5. The van der Waals surface area contributed by atoms with E-state index in [1.807, 2.05) is 0 Å². The second kappa shape index (κ2) is 8.58. The number of para-hydroxylation sites is 2. The van der Waals surface area contributed by atoms with Crippen LogP contribution in [0.5, 0.6) is 0 Å². The molecular weight excluding hydrogens is 442 g/mol. The van der Waals surface area contributed by atoms with Gasteiger partial charge in [-0.1, -0.05) is 35.9 Å². The Morgan fingerprint density at radius 1 is 1.03 bits per heavy atom. The van der Waals surface area contributed by atoms with Crippen LogP contribution in [0.1, 0.15) is 10.4 Å². The molecule has 0 saturated carbocycles. The van der Waals surface area contributed by atoms with Crippen LogP contribution >= 0.6 is 11.6 Å². The zero-order valence-electron chi connectivity index (χ0n) is 15.7. The number of hydrogen-bond acceptors (Lipinski definition) is 6. The van der Waals surface area contributed by atoms with Gasteiger partial charge < -0.3 is 9.73 Å². The van der Waals surface area contributed by atoms with Crippen molar-refractivity contribution in [3.8, 4) is 0 Å². The number of anilines is 3. The zero-order valence-corrected chi connectivity index (χ0v) is 17.3. The van der Waals surface area contributed by atoms with Gasteiger partial charge in [-0.15, -0.1) is 0 Å². The third-order valence-electron chi connectivity index (χ3n) is 4.36. The highest BCUT2D eigenvalue weighted by atomic mass is 35.5. The number of hydrogen-bond donors (Lipinski definition) is 2. The molecule has 0 bridgehead atoms. The average molecular weight is 456 g/mol. The summed E-state index contributed by atoms with van der Waals surface area (Å²) < 4.78 is 30.0. The maximum absolute atomic E-state index is 12.8. The van der Waals surface area contributed by atoms with Gasteiger partial charge in [0.15, 0.2) is 5.58 Å². The van der Waals surface area contributed by atoms with Crippen LogP contribution in [0.25, 0.3) is 11.0 Å². The molecule has 10 heteroatoms. The average Bonchev–Trinajstić information content (AvgIpc) is 2.75. The van der Waals surface area contributed by atoms with Crippen molar-refractivity contribution in [1.82, 2.24) is 4.98 Å². The van der Waals surface area contributed by atoms with Crippen molar-refractivity contribution in [2.24, 2.45) is 0 Å². The van der Waals surface area contributed by atoms with E-state index in [2.05, 4.69) is 10.3 Å². The third-order valence-corrected chi connectivity index (χ3v) is 5.42. The highest BCUT2D eigenvalue weighted by molar-refractivity contribution is 7.74. The lowest BCUT2D eigenvalue weighted by Gasteiger charge is -2.18.